The number of fused-ring (bicyclic) bond motifs is 1. The highest BCUT2D eigenvalue weighted by atomic mass is 32.2. The number of furan rings is 1. The van der Waals surface area contributed by atoms with E-state index in [0.29, 0.717) is 12.6 Å². The Morgan fingerprint density at radius 3 is 3.35 bits per heavy atom. The molecule has 1 aliphatic carbocycles. The molecule has 1 aromatic heterocycles. The van der Waals surface area contributed by atoms with E-state index < -0.39 is 5.60 Å². The second-order valence-electron chi connectivity index (χ2n) is 5.15. The van der Waals surface area contributed by atoms with Crippen LogP contribution in [0.2, 0.25) is 0 Å². The van der Waals surface area contributed by atoms with Crippen molar-refractivity contribution in [2.75, 3.05) is 18.1 Å². The molecule has 2 heterocycles. The molecule has 0 saturated carbocycles. The van der Waals surface area contributed by atoms with Gasteiger partial charge in [-0.3, -0.25) is 0 Å². The molecule has 1 aliphatic heterocycles. The Morgan fingerprint density at radius 2 is 2.53 bits per heavy atom. The molecule has 0 radical (unpaired) electrons. The van der Waals surface area contributed by atoms with E-state index in [2.05, 4.69) is 11.4 Å². The van der Waals surface area contributed by atoms with Crippen LogP contribution in [0.4, 0.5) is 0 Å². The highest BCUT2D eigenvalue weighted by Crippen LogP contribution is 2.32. The van der Waals surface area contributed by atoms with Crippen molar-refractivity contribution in [1.82, 2.24) is 5.32 Å². The van der Waals surface area contributed by atoms with Crippen LogP contribution in [-0.4, -0.2) is 28.8 Å². The number of aliphatic hydroxyl groups is 1. The van der Waals surface area contributed by atoms with E-state index in [0.717, 1.165) is 36.5 Å². The minimum Gasteiger partial charge on any atom is -0.469 e. The Kier molecular flexibility index (Phi) is 3.19. The Morgan fingerprint density at radius 1 is 1.59 bits per heavy atom. The Balaban J connectivity index is 1.63. The zero-order chi connectivity index (χ0) is 11.7. The van der Waals surface area contributed by atoms with Gasteiger partial charge in [0.15, 0.2) is 0 Å². The molecule has 2 N–H and O–H groups in total. The number of aryl methyl sites for hydroxylation is 1. The first-order valence-corrected chi connectivity index (χ1v) is 7.52. The van der Waals surface area contributed by atoms with Crippen LogP contribution in [0.1, 0.15) is 36.6 Å². The highest BCUT2D eigenvalue weighted by molar-refractivity contribution is 7.99. The van der Waals surface area contributed by atoms with Gasteiger partial charge in [0.05, 0.1) is 11.9 Å². The van der Waals surface area contributed by atoms with Crippen molar-refractivity contribution in [3.8, 4) is 0 Å². The summed E-state index contributed by atoms with van der Waals surface area (Å²) in [6, 6.07) is 2.44. The zero-order valence-electron chi connectivity index (χ0n) is 9.95. The third-order valence-corrected chi connectivity index (χ3v) is 5.05. The fraction of sp³-hybridized carbons (Fsp3) is 0.692. The van der Waals surface area contributed by atoms with Crippen molar-refractivity contribution >= 4 is 11.8 Å². The second kappa shape index (κ2) is 4.67. The maximum atomic E-state index is 10.3. The van der Waals surface area contributed by atoms with Gasteiger partial charge < -0.3 is 14.8 Å². The van der Waals surface area contributed by atoms with Crippen LogP contribution in [0.15, 0.2) is 16.7 Å². The van der Waals surface area contributed by atoms with E-state index in [1.54, 1.807) is 6.26 Å². The number of hydrogen-bond donors (Lipinski definition) is 2. The Hall–Kier alpha value is -0.450. The van der Waals surface area contributed by atoms with Crippen LogP contribution in [0.25, 0.3) is 0 Å². The SMILES string of the molecule is O[C@]1(CN[C@H]2CCCc3occc32)CCSC1. The average Bonchev–Trinajstić information content (AvgIpc) is 2.95. The lowest BCUT2D eigenvalue weighted by molar-refractivity contribution is 0.0637. The summed E-state index contributed by atoms with van der Waals surface area (Å²) in [6.45, 7) is 0.704. The molecule has 3 rings (SSSR count). The molecular formula is C13H19NO2S. The van der Waals surface area contributed by atoms with Crippen molar-refractivity contribution < 1.29 is 9.52 Å². The molecule has 0 unspecified atom stereocenters. The Labute approximate surface area is 106 Å². The number of hydrogen-bond acceptors (Lipinski definition) is 4. The molecule has 3 nitrogen and oxygen atoms in total. The quantitative estimate of drug-likeness (QED) is 0.866. The summed E-state index contributed by atoms with van der Waals surface area (Å²) >= 11 is 1.85. The van der Waals surface area contributed by atoms with Crippen molar-refractivity contribution in [2.45, 2.75) is 37.3 Å². The second-order valence-corrected chi connectivity index (χ2v) is 6.26. The van der Waals surface area contributed by atoms with Crippen molar-refractivity contribution in [3.05, 3.63) is 23.7 Å². The summed E-state index contributed by atoms with van der Waals surface area (Å²) in [4.78, 5) is 0. The maximum Gasteiger partial charge on any atom is 0.108 e. The third-order valence-electron chi connectivity index (χ3n) is 3.81. The summed E-state index contributed by atoms with van der Waals surface area (Å²) < 4.78 is 5.48. The van der Waals surface area contributed by atoms with E-state index in [1.807, 2.05) is 11.8 Å². The monoisotopic (exact) mass is 253 g/mol. The molecule has 0 bridgehead atoms. The molecule has 94 valence electrons. The zero-order valence-corrected chi connectivity index (χ0v) is 10.8. The fourth-order valence-electron chi connectivity index (χ4n) is 2.75. The van der Waals surface area contributed by atoms with Gasteiger partial charge in [0.1, 0.15) is 5.76 Å². The van der Waals surface area contributed by atoms with Crippen molar-refractivity contribution in [1.29, 1.82) is 0 Å². The lowest BCUT2D eigenvalue weighted by atomic mass is 9.92. The summed E-state index contributed by atoms with van der Waals surface area (Å²) in [5, 5.41) is 13.8. The summed E-state index contributed by atoms with van der Waals surface area (Å²) in [5.41, 5.74) is 0.803. The van der Waals surface area contributed by atoms with E-state index in [-0.39, 0.29) is 0 Å². The molecular weight excluding hydrogens is 234 g/mol. The molecule has 2 aliphatic rings. The molecule has 4 heteroatoms. The van der Waals surface area contributed by atoms with Gasteiger partial charge in [0, 0.05) is 30.3 Å². The van der Waals surface area contributed by atoms with Gasteiger partial charge >= 0.3 is 0 Å². The van der Waals surface area contributed by atoms with Crippen LogP contribution in [0, 0.1) is 0 Å². The molecule has 17 heavy (non-hydrogen) atoms. The summed E-state index contributed by atoms with van der Waals surface area (Å²) in [6.07, 6.45) is 6.07. The topological polar surface area (TPSA) is 45.4 Å². The van der Waals surface area contributed by atoms with Gasteiger partial charge in [-0.15, -0.1) is 0 Å². The fourth-order valence-corrected chi connectivity index (χ4v) is 4.04. The predicted molar refractivity (Wildman–Crippen MR) is 69.3 cm³/mol. The molecule has 1 saturated heterocycles. The Bertz CT molecular complexity index is 385. The van der Waals surface area contributed by atoms with Gasteiger partial charge in [-0.2, -0.15) is 11.8 Å². The van der Waals surface area contributed by atoms with E-state index in [1.165, 1.54) is 12.0 Å². The van der Waals surface area contributed by atoms with Crippen LogP contribution in [-0.2, 0) is 6.42 Å². The minimum absolute atomic E-state index is 0.368. The van der Waals surface area contributed by atoms with E-state index in [4.69, 9.17) is 4.42 Å². The lowest BCUT2D eigenvalue weighted by Crippen LogP contribution is -2.42. The van der Waals surface area contributed by atoms with Crippen molar-refractivity contribution in [2.24, 2.45) is 0 Å². The molecule has 0 amide bonds. The van der Waals surface area contributed by atoms with Crippen molar-refractivity contribution in [3.63, 3.8) is 0 Å². The smallest absolute Gasteiger partial charge is 0.108 e. The van der Waals surface area contributed by atoms with Crippen LogP contribution in [0.3, 0.4) is 0 Å². The summed E-state index contributed by atoms with van der Waals surface area (Å²) in [7, 11) is 0. The molecule has 2 atom stereocenters. The van der Waals surface area contributed by atoms with Crippen LogP contribution in [0.5, 0.6) is 0 Å². The number of thioether (sulfide) groups is 1. The molecule has 1 fully saturated rings. The summed E-state index contributed by atoms with van der Waals surface area (Å²) in [5.74, 6) is 3.08. The first kappa shape index (κ1) is 11.6. The average molecular weight is 253 g/mol. The van der Waals surface area contributed by atoms with Gasteiger partial charge in [-0.05, 0) is 31.1 Å². The number of nitrogens with one attached hydrogen (secondary N) is 1. The van der Waals surface area contributed by atoms with Gasteiger partial charge in [0.25, 0.3) is 0 Å². The van der Waals surface area contributed by atoms with Gasteiger partial charge in [0.2, 0.25) is 0 Å². The molecule has 0 spiro atoms. The largest absolute Gasteiger partial charge is 0.469 e. The van der Waals surface area contributed by atoms with Gasteiger partial charge in [-0.1, -0.05) is 0 Å². The van der Waals surface area contributed by atoms with E-state index in [9.17, 15) is 5.11 Å². The highest BCUT2D eigenvalue weighted by Gasteiger charge is 2.33. The van der Waals surface area contributed by atoms with Gasteiger partial charge in [-0.25, -0.2) is 0 Å². The molecule has 1 aromatic rings. The first-order chi connectivity index (χ1) is 8.27. The van der Waals surface area contributed by atoms with Crippen LogP contribution >= 0.6 is 11.8 Å². The first-order valence-electron chi connectivity index (χ1n) is 6.37. The normalized spacial score (nSPS) is 32.6. The third kappa shape index (κ3) is 2.39. The standard InChI is InChI=1S/C13H19NO2S/c15-13(5-7-17-9-13)8-14-11-2-1-3-12-10(11)4-6-16-12/h4,6,11,14-15H,1-3,5,7-9H2/t11-,13-/m0/s1. The number of rotatable bonds is 3. The lowest BCUT2D eigenvalue weighted by Gasteiger charge is -2.28. The van der Waals surface area contributed by atoms with E-state index >= 15 is 0 Å². The maximum absolute atomic E-state index is 10.3. The van der Waals surface area contributed by atoms with Crippen LogP contribution < -0.4 is 5.32 Å². The predicted octanol–water partition coefficient (Wildman–Crippen LogP) is 2.11. The molecule has 0 aromatic carbocycles. The minimum atomic E-state index is -0.494.